The summed E-state index contributed by atoms with van der Waals surface area (Å²) in [6, 6.07) is 0. The third-order valence-corrected chi connectivity index (χ3v) is 5.49. The van der Waals surface area contributed by atoms with Gasteiger partial charge in [0.05, 0.1) is 5.69 Å². The number of rotatable bonds is 3. The molecule has 0 saturated carbocycles. The van der Waals surface area contributed by atoms with Crippen LogP contribution in [0.3, 0.4) is 0 Å². The Labute approximate surface area is 149 Å². The summed E-state index contributed by atoms with van der Waals surface area (Å²) in [6.07, 6.45) is 8.16. The first kappa shape index (κ1) is 17.8. The van der Waals surface area contributed by atoms with Crippen LogP contribution in [0.4, 0.5) is 0 Å². The molecule has 6 nitrogen and oxygen atoms in total. The smallest absolute Gasteiger partial charge is 0.274 e. The van der Waals surface area contributed by atoms with E-state index in [1.54, 1.807) is 19.3 Å². The molecule has 0 N–H and O–H groups in total. The third-order valence-electron chi connectivity index (χ3n) is 5.49. The highest BCUT2D eigenvalue weighted by molar-refractivity contribution is 5.93. The fraction of sp³-hybridized carbons (Fsp3) is 0.684. The molecule has 2 fully saturated rings. The lowest BCUT2D eigenvalue weighted by Crippen LogP contribution is -2.40. The maximum atomic E-state index is 12.9. The van der Waals surface area contributed by atoms with Gasteiger partial charge in [-0.3, -0.25) is 14.6 Å². The van der Waals surface area contributed by atoms with Gasteiger partial charge < -0.3 is 9.80 Å². The summed E-state index contributed by atoms with van der Waals surface area (Å²) in [5.74, 6) is 1.17. The van der Waals surface area contributed by atoms with Gasteiger partial charge in [0, 0.05) is 45.5 Å². The molecule has 2 aliphatic rings. The number of amides is 2. The number of carbonyl (C=O) groups excluding carboxylic acids is 2. The minimum atomic E-state index is 0.00855. The number of aromatic nitrogens is 2. The molecule has 0 radical (unpaired) electrons. The number of nitrogens with zero attached hydrogens (tertiary/aromatic N) is 4. The number of hydrogen-bond acceptors (Lipinski definition) is 4. The first-order valence-corrected chi connectivity index (χ1v) is 9.39. The second kappa shape index (κ2) is 7.93. The molecule has 1 unspecified atom stereocenters. The highest BCUT2D eigenvalue weighted by Crippen LogP contribution is 2.23. The zero-order chi connectivity index (χ0) is 17.8. The quantitative estimate of drug-likeness (QED) is 0.843. The lowest BCUT2D eigenvalue weighted by atomic mass is 9.92. The lowest BCUT2D eigenvalue weighted by molar-refractivity contribution is -0.130. The van der Waals surface area contributed by atoms with Gasteiger partial charge in [-0.05, 0) is 43.9 Å². The molecule has 0 aromatic carbocycles. The Hall–Kier alpha value is -1.98. The van der Waals surface area contributed by atoms with Gasteiger partial charge in [-0.1, -0.05) is 6.92 Å². The van der Waals surface area contributed by atoms with Gasteiger partial charge in [-0.25, -0.2) is 4.98 Å². The van der Waals surface area contributed by atoms with Crippen LogP contribution in [0, 0.1) is 11.8 Å². The largest absolute Gasteiger partial charge is 0.343 e. The van der Waals surface area contributed by atoms with E-state index in [9.17, 15) is 9.59 Å². The van der Waals surface area contributed by atoms with Crippen molar-refractivity contribution in [1.82, 2.24) is 19.8 Å². The molecule has 0 spiro atoms. The van der Waals surface area contributed by atoms with Crippen molar-refractivity contribution >= 4 is 11.8 Å². The molecule has 1 atom stereocenters. The van der Waals surface area contributed by atoms with Gasteiger partial charge in [0.25, 0.3) is 5.91 Å². The van der Waals surface area contributed by atoms with Crippen LogP contribution in [-0.4, -0.2) is 57.8 Å². The van der Waals surface area contributed by atoms with Gasteiger partial charge in [-0.15, -0.1) is 0 Å². The molecule has 3 heterocycles. The fourth-order valence-electron chi connectivity index (χ4n) is 3.85. The molecule has 6 heteroatoms. The van der Waals surface area contributed by atoms with E-state index in [4.69, 9.17) is 0 Å². The molecule has 0 bridgehead atoms. The molecule has 0 aliphatic carbocycles. The molecule has 3 rings (SSSR count). The van der Waals surface area contributed by atoms with Gasteiger partial charge in [0.1, 0.15) is 5.69 Å². The van der Waals surface area contributed by atoms with Gasteiger partial charge in [-0.2, -0.15) is 0 Å². The Balaban J connectivity index is 1.70. The van der Waals surface area contributed by atoms with Crippen LogP contribution in [0.1, 0.15) is 55.7 Å². The molecular weight excluding hydrogens is 316 g/mol. The Kier molecular flexibility index (Phi) is 5.66. The Bertz CT molecular complexity index is 626. The number of piperidine rings is 2. The molecule has 1 aromatic heterocycles. The minimum absolute atomic E-state index is 0.00855. The zero-order valence-corrected chi connectivity index (χ0v) is 15.3. The third kappa shape index (κ3) is 4.35. The van der Waals surface area contributed by atoms with E-state index in [2.05, 4.69) is 16.9 Å². The maximum absolute atomic E-state index is 12.9. The molecular formula is C19H28N4O2. The van der Waals surface area contributed by atoms with Crippen LogP contribution in [0.2, 0.25) is 0 Å². The highest BCUT2D eigenvalue weighted by atomic mass is 16.2. The summed E-state index contributed by atoms with van der Waals surface area (Å²) in [5.41, 5.74) is 1.28. The molecule has 25 heavy (non-hydrogen) atoms. The monoisotopic (exact) mass is 344 g/mol. The van der Waals surface area contributed by atoms with Crippen molar-refractivity contribution in [2.75, 3.05) is 26.2 Å². The van der Waals surface area contributed by atoms with Crippen LogP contribution >= 0.6 is 0 Å². The molecule has 2 saturated heterocycles. The summed E-state index contributed by atoms with van der Waals surface area (Å²) in [4.78, 5) is 37.2. The Morgan fingerprint density at radius 3 is 2.52 bits per heavy atom. The topological polar surface area (TPSA) is 66.4 Å². The molecule has 1 aromatic rings. The number of carbonyl (C=O) groups is 2. The summed E-state index contributed by atoms with van der Waals surface area (Å²) >= 11 is 0. The van der Waals surface area contributed by atoms with Crippen molar-refractivity contribution in [2.45, 2.75) is 46.0 Å². The van der Waals surface area contributed by atoms with Crippen molar-refractivity contribution < 1.29 is 9.59 Å². The van der Waals surface area contributed by atoms with Crippen LogP contribution in [0.15, 0.2) is 12.4 Å². The first-order valence-electron chi connectivity index (χ1n) is 9.39. The van der Waals surface area contributed by atoms with Gasteiger partial charge >= 0.3 is 0 Å². The van der Waals surface area contributed by atoms with E-state index < -0.39 is 0 Å². The summed E-state index contributed by atoms with van der Waals surface area (Å²) in [5, 5.41) is 0. The second-order valence-electron chi connectivity index (χ2n) is 7.50. The van der Waals surface area contributed by atoms with E-state index in [1.165, 1.54) is 0 Å². The maximum Gasteiger partial charge on any atom is 0.274 e. The standard InChI is InChI=1S/C19H28N4O2/c1-14-5-10-22(11-6-14)19(25)18-17(20-7-8-21-18)12-16-4-3-9-23(13-16)15(2)24/h7-8,14,16H,3-6,9-13H2,1-2H3. The van der Waals surface area contributed by atoms with E-state index in [0.717, 1.165) is 57.6 Å². The van der Waals surface area contributed by atoms with Crippen molar-refractivity contribution in [3.8, 4) is 0 Å². The average molecular weight is 344 g/mol. The van der Waals surface area contributed by atoms with E-state index in [0.29, 0.717) is 24.0 Å². The van der Waals surface area contributed by atoms with Crippen LogP contribution < -0.4 is 0 Å². The van der Waals surface area contributed by atoms with Gasteiger partial charge in [0.2, 0.25) is 5.91 Å². The van der Waals surface area contributed by atoms with Gasteiger partial charge in [0.15, 0.2) is 0 Å². The first-order chi connectivity index (χ1) is 12.0. The number of hydrogen-bond donors (Lipinski definition) is 0. The lowest BCUT2D eigenvalue weighted by Gasteiger charge is -2.32. The van der Waals surface area contributed by atoms with Crippen LogP contribution in [-0.2, 0) is 11.2 Å². The van der Waals surface area contributed by atoms with Crippen molar-refractivity contribution in [3.05, 3.63) is 23.8 Å². The predicted octanol–water partition coefficient (Wildman–Crippen LogP) is 2.15. The van der Waals surface area contributed by atoms with Crippen LogP contribution in [0.5, 0.6) is 0 Å². The summed E-state index contributed by atoms with van der Waals surface area (Å²) in [6.45, 7) is 7.05. The molecule has 136 valence electrons. The SMILES string of the molecule is CC(=O)N1CCCC(Cc2nccnc2C(=O)N2CCC(C)CC2)C1. The highest BCUT2D eigenvalue weighted by Gasteiger charge is 2.27. The normalized spacial score (nSPS) is 22.1. The molecule has 2 amide bonds. The minimum Gasteiger partial charge on any atom is -0.343 e. The molecule has 2 aliphatic heterocycles. The van der Waals surface area contributed by atoms with Crippen LogP contribution in [0.25, 0.3) is 0 Å². The second-order valence-corrected chi connectivity index (χ2v) is 7.50. The van der Waals surface area contributed by atoms with Crippen molar-refractivity contribution in [3.63, 3.8) is 0 Å². The summed E-state index contributed by atoms with van der Waals surface area (Å²) < 4.78 is 0. The van der Waals surface area contributed by atoms with E-state index >= 15 is 0 Å². The Morgan fingerprint density at radius 1 is 1.08 bits per heavy atom. The predicted molar refractivity (Wildman–Crippen MR) is 95.0 cm³/mol. The number of likely N-dealkylation sites (tertiary alicyclic amines) is 2. The van der Waals surface area contributed by atoms with Crippen molar-refractivity contribution in [2.24, 2.45) is 11.8 Å². The Morgan fingerprint density at radius 2 is 1.80 bits per heavy atom. The average Bonchev–Trinajstić information content (AvgIpc) is 2.62. The van der Waals surface area contributed by atoms with Crippen molar-refractivity contribution in [1.29, 1.82) is 0 Å². The zero-order valence-electron chi connectivity index (χ0n) is 15.3. The van der Waals surface area contributed by atoms with E-state index in [-0.39, 0.29) is 11.8 Å². The van der Waals surface area contributed by atoms with E-state index in [1.807, 2.05) is 9.80 Å². The summed E-state index contributed by atoms with van der Waals surface area (Å²) in [7, 11) is 0. The fourth-order valence-corrected chi connectivity index (χ4v) is 3.85.